The van der Waals surface area contributed by atoms with Gasteiger partial charge in [-0.2, -0.15) is 0 Å². The molecule has 3 atom stereocenters. The first kappa shape index (κ1) is 13.9. The van der Waals surface area contributed by atoms with E-state index in [1.165, 1.54) is 6.92 Å². The van der Waals surface area contributed by atoms with Crippen molar-refractivity contribution in [3.8, 4) is 0 Å². The molecular formula is C12H17NO3S. The Bertz CT molecular complexity index is 440. The molecule has 1 aromatic carbocycles. The number of amides is 1. The quantitative estimate of drug-likeness (QED) is 0.832. The monoisotopic (exact) mass is 255 g/mol. The Morgan fingerprint density at radius 3 is 2.29 bits per heavy atom. The fourth-order valence-corrected chi connectivity index (χ4v) is 2.63. The van der Waals surface area contributed by atoms with Crippen LogP contribution in [0.5, 0.6) is 0 Å². The van der Waals surface area contributed by atoms with Gasteiger partial charge in [0.05, 0.1) is 16.0 Å². The molecule has 0 bridgehead atoms. The van der Waals surface area contributed by atoms with Crippen molar-refractivity contribution in [2.24, 2.45) is 5.73 Å². The number of primary amides is 1. The largest absolute Gasteiger partial charge is 0.379 e. The van der Waals surface area contributed by atoms with E-state index in [0.29, 0.717) is 4.90 Å². The molecule has 0 saturated carbocycles. The van der Waals surface area contributed by atoms with Crippen molar-refractivity contribution in [3.05, 3.63) is 29.8 Å². The van der Waals surface area contributed by atoms with Crippen LogP contribution in [0.25, 0.3) is 0 Å². The molecule has 0 aliphatic carbocycles. The van der Waals surface area contributed by atoms with Gasteiger partial charge in [-0.05, 0) is 32.9 Å². The number of aliphatic hydroxyl groups is 1. The highest BCUT2D eigenvalue weighted by Gasteiger charge is 2.38. The standard InChI is InChI=1S/C12H17NO3S/c1-8-4-6-10(7-5-8)17(16)9(2)12(3,15)11(13)14/h4-7,9,15H,1-3H3,(H2,13,14)/t9-,12-,17+/m1/s1. The number of hydrogen-bond donors (Lipinski definition) is 2. The molecule has 0 aromatic heterocycles. The number of hydrogen-bond acceptors (Lipinski definition) is 3. The van der Waals surface area contributed by atoms with Crippen LogP contribution < -0.4 is 5.73 Å². The van der Waals surface area contributed by atoms with E-state index in [2.05, 4.69) is 0 Å². The molecule has 4 nitrogen and oxygen atoms in total. The number of carbonyl (C=O) groups excluding carboxylic acids is 1. The van der Waals surface area contributed by atoms with Crippen molar-refractivity contribution in [3.63, 3.8) is 0 Å². The third kappa shape index (κ3) is 2.92. The first-order valence-corrected chi connectivity index (χ1v) is 6.47. The van der Waals surface area contributed by atoms with Crippen molar-refractivity contribution >= 4 is 16.7 Å². The Hall–Kier alpha value is -1.20. The fourth-order valence-electron chi connectivity index (χ4n) is 1.29. The van der Waals surface area contributed by atoms with E-state index in [-0.39, 0.29) is 0 Å². The molecule has 0 aliphatic heterocycles. The second-order valence-electron chi connectivity index (χ2n) is 4.26. The SMILES string of the molecule is Cc1ccc([S@@](=O)[C@H](C)[C@@](C)(O)C(N)=O)cc1. The van der Waals surface area contributed by atoms with Gasteiger partial charge in [0.25, 0.3) is 0 Å². The molecule has 1 aromatic rings. The molecule has 0 heterocycles. The Morgan fingerprint density at radius 2 is 1.88 bits per heavy atom. The zero-order valence-corrected chi connectivity index (χ0v) is 11.0. The minimum atomic E-state index is -1.78. The van der Waals surface area contributed by atoms with Crippen LogP contribution in [-0.2, 0) is 15.6 Å². The molecule has 0 radical (unpaired) electrons. The molecule has 17 heavy (non-hydrogen) atoms. The van der Waals surface area contributed by atoms with Gasteiger partial charge in [-0.1, -0.05) is 17.7 Å². The number of nitrogens with two attached hydrogens (primary N) is 1. The molecule has 3 N–H and O–H groups in total. The van der Waals surface area contributed by atoms with E-state index in [9.17, 15) is 14.1 Å². The van der Waals surface area contributed by atoms with Crippen LogP contribution in [0.4, 0.5) is 0 Å². The van der Waals surface area contributed by atoms with Gasteiger partial charge >= 0.3 is 0 Å². The Kier molecular flexibility index (Phi) is 4.06. The van der Waals surface area contributed by atoms with E-state index in [0.717, 1.165) is 5.56 Å². The molecule has 0 unspecified atom stereocenters. The average molecular weight is 255 g/mol. The van der Waals surface area contributed by atoms with Crippen LogP contribution in [0.3, 0.4) is 0 Å². The Labute approximate surface area is 103 Å². The second kappa shape index (κ2) is 4.98. The smallest absolute Gasteiger partial charge is 0.250 e. The number of aryl methyl sites for hydroxylation is 1. The van der Waals surface area contributed by atoms with Crippen LogP contribution >= 0.6 is 0 Å². The summed E-state index contributed by atoms with van der Waals surface area (Å²) < 4.78 is 12.2. The lowest BCUT2D eigenvalue weighted by molar-refractivity contribution is -0.134. The summed E-state index contributed by atoms with van der Waals surface area (Å²) in [6.07, 6.45) is 0. The highest BCUT2D eigenvalue weighted by molar-refractivity contribution is 7.85. The maximum Gasteiger partial charge on any atom is 0.250 e. The van der Waals surface area contributed by atoms with Gasteiger partial charge < -0.3 is 10.8 Å². The van der Waals surface area contributed by atoms with E-state index in [1.807, 2.05) is 19.1 Å². The Balaban J connectivity index is 2.98. The van der Waals surface area contributed by atoms with Crippen molar-refractivity contribution in [1.82, 2.24) is 0 Å². The lowest BCUT2D eigenvalue weighted by Gasteiger charge is -2.26. The molecule has 5 heteroatoms. The van der Waals surface area contributed by atoms with Crippen LogP contribution in [-0.4, -0.2) is 26.1 Å². The van der Waals surface area contributed by atoms with Crippen LogP contribution in [0.15, 0.2) is 29.2 Å². The highest BCUT2D eigenvalue weighted by Crippen LogP contribution is 2.21. The van der Waals surface area contributed by atoms with Gasteiger partial charge in [0.15, 0.2) is 5.60 Å². The predicted octanol–water partition coefficient (Wildman–Crippen LogP) is 0.727. The normalized spacial score (nSPS) is 18.1. The minimum Gasteiger partial charge on any atom is -0.379 e. The lowest BCUT2D eigenvalue weighted by atomic mass is 10.0. The molecule has 0 spiro atoms. The number of benzene rings is 1. The molecule has 1 rings (SSSR count). The van der Waals surface area contributed by atoms with Crippen molar-refractivity contribution in [2.75, 3.05) is 0 Å². The maximum absolute atomic E-state index is 12.2. The predicted molar refractivity (Wildman–Crippen MR) is 66.9 cm³/mol. The first-order chi connectivity index (χ1) is 7.76. The Morgan fingerprint density at radius 1 is 1.41 bits per heavy atom. The summed E-state index contributed by atoms with van der Waals surface area (Å²) in [5.41, 5.74) is 4.36. The average Bonchev–Trinajstić information content (AvgIpc) is 2.27. The zero-order chi connectivity index (χ0) is 13.2. The highest BCUT2D eigenvalue weighted by atomic mass is 32.2. The van der Waals surface area contributed by atoms with Gasteiger partial charge in [0.2, 0.25) is 5.91 Å². The van der Waals surface area contributed by atoms with Crippen LogP contribution in [0.2, 0.25) is 0 Å². The third-order valence-corrected chi connectivity index (χ3v) is 4.70. The van der Waals surface area contributed by atoms with Crippen molar-refractivity contribution in [2.45, 2.75) is 36.5 Å². The summed E-state index contributed by atoms with van der Waals surface area (Å²) >= 11 is 0. The van der Waals surface area contributed by atoms with E-state index in [4.69, 9.17) is 5.73 Å². The summed E-state index contributed by atoms with van der Waals surface area (Å²) in [6.45, 7) is 4.75. The van der Waals surface area contributed by atoms with E-state index < -0.39 is 27.6 Å². The third-order valence-electron chi connectivity index (χ3n) is 2.86. The maximum atomic E-state index is 12.2. The molecule has 0 saturated heterocycles. The van der Waals surface area contributed by atoms with Gasteiger partial charge in [-0.25, -0.2) is 0 Å². The second-order valence-corrected chi connectivity index (χ2v) is 6.04. The van der Waals surface area contributed by atoms with Crippen LogP contribution in [0, 0.1) is 6.92 Å². The summed E-state index contributed by atoms with van der Waals surface area (Å²) in [6, 6.07) is 7.11. The minimum absolute atomic E-state index is 0.574. The fraction of sp³-hybridized carbons (Fsp3) is 0.417. The summed E-state index contributed by atoms with van der Waals surface area (Å²) in [5.74, 6) is -0.870. The molecule has 0 fully saturated rings. The summed E-state index contributed by atoms with van der Waals surface area (Å²) in [5, 5.41) is 9.12. The van der Waals surface area contributed by atoms with Gasteiger partial charge in [-0.15, -0.1) is 0 Å². The summed E-state index contributed by atoms with van der Waals surface area (Å²) in [7, 11) is -1.48. The molecular weight excluding hydrogens is 238 g/mol. The number of rotatable bonds is 4. The van der Waals surface area contributed by atoms with Crippen LogP contribution in [0.1, 0.15) is 19.4 Å². The van der Waals surface area contributed by atoms with E-state index >= 15 is 0 Å². The number of carbonyl (C=O) groups is 1. The zero-order valence-electron chi connectivity index (χ0n) is 10.1. The first-order valence-electron chi connectivity index (χ1n) is 5.26. The van der Waals surface area contributed by atoms with Gasteiger partial charge in [0.1, 0.15) is 0 Å². The van der Waals surface area contributed by atoms with Crippen molar-refractivity contribution < 1.29 is 14.1 Å². The topological polar surface area (TPSA) is 80.4 Å². The molecule has 94 valence electrons. The molecule has 0 aliphatic rings. The van der Waals surface area contributed by atoms with Gasteiger partial charge in [0, 0.05) is 4.90 Å². The molecule has 1 amide bonds. The van der Waals surface area contributed by atoms with Gasteiger partial charge in [-0.3, -0.25) is 9.00 Å². The lowest BCUT2D eigenvalue weighted by Crippen LogP contribution is -2.51. The van der Waals surface area contributed by atoms with Crippen molar-refractivity contribution in [1.29, 1.82) is 0 Å². The van der Waals surface area contributed by atoms with E-state index in [1.54, 1.807) is 19.1 Å². The summed E-state index contributed by atoms with van der Waals surface area (Å²) in [4.78, 5) is 11.7.